The molecule has 0 unspecified atom stereocenters. The zero-order chi connectivity index (χ0) is 11.0. The van der Waals surface area contributed by atoms with Gasteiger partial charge in [0.2, 0.25) is 0 Å². The summed E-state index contributed by atoms with van der Waals surface area (Å²) in [5.41, 5.74) is 0.526. The van der Waals surface area contributed by atoms with E-state index < -0.39 is 0 Å². The average Bonchev–Trinajstić information content (AvgIpc) is 2.31. The highest BCUT2D eigenvalue weighted by Gasteiger charge is 2.03. The molecule has 0 spiro atoms. The van der Waals surface area contributed by atoms with Crippen LogP contribution in [-0.4, -0.2) is 20.2 Å². The van der Waals surface area contributed by atoms with Crippen LogP contribution in [0.5, 0.6) is 5.75 Å². The van der Waals surface area contributed by atoms with Crippen molar-refractivity contribution in [1.82, 2.24) is 0 Å². The van der Waals surface area contributed by atoms with Gasteiger partial charge in [-0.1, -0.05) is 13.8 Å². The largest absolute Gasteiger partial charge is 0.497 e. The second-order valence-electron chi connectivity index (χ2n) is 2.22. The zero-order valence-corrected chi connectivity index (χ0v) is 9.03. The fourth-order valence-corrected chi connectivity index (χ4v) is 0.845. The molecule has 1 aromatic carbocycles. The van der Waals surface area contributed by atoms with Gasteiger partial charge in [0.15, 0.2) is 0 Å². The van der Waals surface area contributed by atoms with Gasteiger partial charge in [0.25, 0.3) is 0 Å². The molecule has 1 aromatic rings. The molecule has 0 aliphatic carbocycles. The molecule has 0 aliphatic heterocycles. The lowest BCUT2D eigenvalue weighted by molar-refractivity contribution is 0.0600. The molecule has 0 bridgehead atoms. The first kappa shape index (κ1) is 12.5. The molecule has 78 valence electrons. The molecular weight excluding hydrogens is 180 g/mol. The van der Waals surface area contributed by atoms with Crippen LogP contribution in [0.15, 0.2) is 24.3 Å². The van der Waals surface area contributed by atoms with Gasteiger partial charge in [0, 0.05) is 0 Å². The van der Waals surface area contributed by atoms with Crippen molar-refractivity contribution in [3.63, 3.8) is 0 Å². The summed E-state index contributed by atoms with van der Waals surface area (Å²) in [6.45, 7) is 4.00. The number of carbonyl (C=O) groups excluding carboxylic acids is 1. The lowest BCUT2D eigenvalue weighted by atomic mass is 10.2. The molecule has 14 heavy (non-hydrogen) atoms. The van der Waals surface area contributed by atoms with Crippen LogP contribution in [0.1, 0.15) is 24.2 Å². The van der Waals surface area contributed by atoms with E-state index in [2.05, 4.69) is 4.74 Å². The average molecular weight is 196 g/mol. The third-order valence-electron chi connectivity index (χ3n) is 1.51. The van der Waals surface area contributed by atoms with Gasteiger partial charge in [-0.25, -0.2) is 4.79 Å². The molecular formula is C11H16O3. The fraction of sp³-hybridized carbons (Fsp3) is 0.364. The summed E-state index contributed by atoms with van der Waals surface area (Å²) in [6, 6.07) is 6.74. The van der Waals surface area contributed by atoms with E-state index in [1.54, 1.807) is 31.4 Å². The van der Waals surface area contributed by atoms with Gasteiger partial charge in [-0.05, 0) is 24.3 Å². The molecule has 0 radical (unpaired) electrons. The topological polar surface area (TPSA) is 35.5 Å². The predicted molar refractivity (Wildman–Crippen MR) is 55.7 cm³/mol. The van der Waals surface area contributed by atoms with E-state index in [9.17, 15) is 4.79 Å². The minimum absolute atomic E-state index is 0.336. The molecule has 0 saturated carbocycles. The molecule has 0 amide bonds. The first-order chi connectivity index (χ1) is 6.77. The Labute approximate surface area is 84.7 Å². The molecule has 0 fully saturated rings. The van der Waals surface area contributed by atoms with Crippen LogP contribution in [0, 0.1) is 0 Å². The van der Waals surface area contributed by atoms with Crippen LogP contribution in [0.25, 0.3) is 0 Å². The van der Waals surface area contributed by atoms with E-state index in [-0.39, 0.29) is 5.97 Å². The Morgan fingerprint density at radius 3 is 1.93 bits per heavy atom. The highest BCUT2D eigenvalue weighted by Crippen LogP contribution is 2.11. The molecule has 3 nitrogen and oxygen atoms in total. The number of carbonyl (C=O) groups is 1. The van der Waals surface area contributed by atoms with Crippen molar-refractivity contribution < 1.29 is 14.3 Å². The number of benzene rings is 1. The predicted octanol–water partition coefficient (Wildman–Crippen LogP) is 2.51. The third-order valence-corrected chi connectivity index (χ3v) is 1.51. The van der Waals surface area contributed by atoms with Crippen molar-refractivity contribution in [2.75, 3.05) is 14.2 Å². The van der Waals surface area contributed by atoms with Gasteiger partial charge in [0.1, 0.15) is 5.75 Å². The number of rotatable bonds is 2. The standard InChI is InChI=1S/C9H10O3.C2H6/c1-11-8-5-3-7(4-6-8)9(10)12-2;1-2/h3-6H,1-2H3;1-2H3. The first-order valence-electron chi connectivity index (χ1n) is 4.50. The summed E-state index contributed by atoms with van der Waals surface area (Å²) in [4.78, 5) is 11.0. The Morgan fingerprint density at radius 1 is 1.07 bits per heavy atom. The molecule has 0 atom stereocenters. The number of methoxy groups -OCH3 is 2. The van der Waals surface area contributed by atoms with E-state index in [1.165, 1.54) is 7.11 Å². The van der Waals surface area contributed by atoms with Crippen molar-refractivity contribution >= 4 is 5.97 Å². The van der Waals surface area contributed by atoms with Crippen LogP contribution in [0.2, 0.25) is 0 Å². The molecule has 0 aliphatic rings. The monoisotopic (exact) mass is 196 g/mol. The van der Waals surface area contributed by atoms with Crippen molar-refractivity contribution in [1.29, 1.82) is 0 Å². The van der Waals surface area contributed by atoms with Crippen LogP contribution in [0.4, 0.5) is 0 Å². The summed E-state index contributed by atoms with van der Waals surface area (Å²) in [5.74, 6) is 0.389. The van der Waals surface area contributed by atoms with Crippen molar-refractivity contribution in [3.8, 4) is 5.75 Å². The summed E-state index contributed by atoms with van der Waals surface area (Å²) >= 11 is 0. The first-order valence-corrected chi connectivity index (χ1v) is 4.50. The second-order valence-corrected chi connectivity index (χ2v) is 2.22. The van der Waals surface area contributed by atoms with E-state index >= 15 is 0 Å². The van der Waals surface area contributed by atoms with Gasteiger partial charge in [-0.2, -0.15) is 0 Å². The molecule has 0 N–H and O–H groups in total. The third kappa shape index (κ3) is 3.47. The summed E-state index contributed by atoms with van der Waals surface area (Å²) < 4.78 is 9.46. The highest BCUT2D eigenvalue weighted by molar-refractivity contribution is 5.89. The maximum atomic E-state index is 11.0. The zero-order valence-electron chi connectivity index (χ0n) is 9.03. The Morgan fingerprint density at radius 2 is 1.57 bits per heavy atom. The Hall–Kier alpha value is -1.51. The smallest absolute Gasteiger partial charge is 0.337 e. The lowest BCUT2D eigenvalue weighted by Crippen LogP contribution is -2.00. The van der Waals surface area contributed by atoms with Gasteiger partial charge < -0.3 is 9.47 Å². The minimum atomic E-state index is -0.336. The summed E-state index contributed by atoms with van der Waals surface area (Å²) in [5, 5.41) is 0. The van der Waals surface area contributed by atoms with Gasteiger partial charge in [0.05, 0.1) is 19.8 Å². The summed E-state index contributed by atoms with van der Waals surface area (Å²) in [7, 11) is 2.93. The van der Waals surface area contributed by atoms with E-state index in [0.29, 0.717) is 5.56 Å². The molecule has 0 heterocycles. The number of hydrogen-bond donors (Lipinski definition) is 0. The number of esters is 1. The van der Waals surface area contributed by atoms with Crippen LogP contribution >= 0.6 is 0 Å². The highest BCUT2D eigenvalue weighted by atomic mass is 16.5. The number of ether oxygens (including phenoxy) is 2. The molecule has 0 saturated heterocycles. The quantitative estimate of drug-likeness (QED) is 0.682. The second kappa shape index (κ2) is 6.95. The fourth-order valence-electron chi connectivity index (χ4n) is 0.845. The molecule has 0 aromatic heterocycles. The number of hydrogen-bond acceptors (Lipinski definition) is 3. The molecule has 3 heteroatoms. The van der Waals surface area contributed by atoms with Crippen LogP contribution in [0.3, 0.4) is 0 Å². The summed E-state index contributed by atoms with van der Waals surface area (Å²) in [6.07, 6.45) is 0. The minimum Gasteiger partial charge on any atom is -0.497 e. The Kier molecular flexibility index (Phi) is 6.20. The van der Waals surface area contributed by atoms with Gasteiger partial charge in [-0.15, -0.1) is 0 Å². The Bertz CT molecular complexity index is 264. The maximum absolute atomic E-state index is 11.0. The van der Waals surface area contributed by atoms with E-state index in [1.807, 2.05) is 13.8 Å². The van der Waals surface area contributed by atoms with E-state index in [0.717, 1.165) is 5.75 Å². The van der Waals surface area contributed by atoms with Gasteiger partial charge >= 0.3 is 5.97 Å². The molecule has 1 rings (SSSR count). The Balaban J connectivity index is 0.000000791. The van der Waals surface area contributed by atoms with Crippen LogP contribution < -0.4 is 4.74 Å². The maximum Gasteiger partial charge on any atom is 0.337 e. The normalized spacial score (nSPS) is 8.29. The SMILES string of the molecule is CC.COC(=O)c1ccc(OC)cc1. The van der Waals surface area contributed by atoms with Crippen molar-refractivity contribution in [2.24, 2.45) is 0 Å². The van der Waals surface area contributed by atoms with E-state index in [4.69, 9.17) is 4.74 Å². The lowest BCUT2D eigenvalue weighted by Gasteiger charge is -2.00. The van der Waals surface area contributed by atoms with Gasteiger partial charge in [-0.3, -0.25) is 0 Å². The van der Waals surface area contributed by atoms with Crippen LogP contribution in [-0.2, 0) is 4.74 Å². The van der Waals surface area contributed by atoms with Crippen molar-refractivity contribution in [3.05, 3.63) is 29.8 Å². The van der Waals surface area contributed by atoms with Crippen molar-refractivity contribution in [2.45, 2.75) is 13.8 Å².